The van der Waals surface area contributed by atoms with Gasteiger partial charge in [0, 0.05) is 56.4 Å². The van der Waals surface area contributed by atoms with Crippen LogP contribution in [0.2, 0.25) is 0 Å². The van der Waals surface area contributed by atoms with E-state index in [4.69, 9.17) is 18.9 Å². The lowest BCUT2D eigenvalue weighted by atomic mass is 10.0. The molecule has 76 heavy (non-hydrogen) atoms. The number of carbonyl (C=O) groups is 4. The number of esters is 4. The molecule has 0 spiro atoms. The van der Waals surface area contributed by atoms with Gasteiger partial charge in [-0.25, -0.2) is 19.2 Å². The molecule has 6 rings (SSSR count). The van der Waals surface area contributed by atoms with E-state index in [2.05, 4.69) is 183 Å². The SMILES string of the molecule is C=C(C)C(=O)OCCCc1ccc(N(c2ccc(-c3ccc(N(c4ccc(CCCOC(=O)C(=C)C)cc4)c4ccc(CCCOC(=O)C(=C)C)c(C)c4)cc3)cc2)c2ccc(CCCOC(=O)C(=C)C)c(C)c2)cc1. The average molecular weight is 1020 g/mol. The van der Waals surface area contributed by atoms with Gasteiger partial charge in [0.05, 0.1) is 26.4 Å². The van der Waals surface area contributed by atoms with Crippen molar-refractivity contribution in [3.8, 4) is 11.1 Å². The first kappa shape index (κ1) is 57.0. The van der Waals surface area contributed by atoms with Crippen LogP contribution in [-0.2, 0) is 63.8 Å². The first-order valence-corrected chi connectivity index (χ1v) is 26.0. The summed E-state index contributed by atoms with van der Waals surface area (Å²) < 4.78 is 21.4. The van der Waals surface area contributed by atoms with E-state index in [1.165, 1.54) is 11.1 Å². The quantitative estimate of drug-likeness (QED) is 0.0214. The van der Waals surface area contributed by atoms with Gasteiger partial charge in [-0.05, 0) is 210 Å². The number of nitrogens with zero attached hydrogens (tertiary/aromatic N) is 2. The van der Waals surface area contributed by atoms with Crippen molar-refractivity contribution in [1.82, 2.24) is 0 Å². The van der Waals surface area contributed by atoms with Crippen molar-refractivity contribution in [1.29, 1.82) is 0 Å². The Balaban J connectivity index is 1.25. The fourth-order valence-corrected chi connectivity index (χ4v) is 8.55. The van der Waals surface area contributed by atoms with Crippen LogP contribution in [0.4, 0.5) is 34.1 Å². The molecule has 0 N–H and O–H groups in total. The van der Waals surface area contributed by atoms with Crippen molar-refractivity contribution in [2.75, 3.05) is 36.2 Å². The predicted molar refractivity (Wildman–Crippen MR) is 307 cm³/mol. The maximum absolute atomic E-state index is 11.9. The lowest BCUT2D eigenvalue weighted by Crippen LogP contribution is -2.11. The zero-order valence-corrected chi connectivity index (χ0v) is 45.2. The normalized spacial score (nSPS) is 10.8. The molecule has 10 nitrogen and oxygen atoms in total. The highest BCUT2D eigenvalue weighted by atomic mass is 16.5. The van der Waals surface area contributed by atoms with E-state index in [9.17, 15) is 19.2 Å². The van der Waals surface area contributed by atoms with Gasteiger partial charge < -0.3 is 28.7 Å². The van der Waals surface area contributed by atoms with Gasteiger partial charge in [-0.1, -0.05) is 87.0 Å². The van der Waals surface area contributed by atoms with E-state index in [0.717, 1.165) is 93.2 Å². The number of aryl methyl sites for hydroxylation is 6. The molecule has 394 valence electrons. The Bertz CT molecular complexity index is 2820. The van der Waals surface area contributed by atoms with Gasteiger partial charge in [-0.3, -0.25) is 0 Å². The molecule has 0 radical (unpaired) electrons. The van der Waals surface area contributed by atoms with Crippen LogP contribution in [0.1, 0.15) is 86.8 Å². The van der Waals surface area contributed by atoms with Crippen LogP contribution in [-0.4, -0.2) is 50.3 Å². The molecule has 0 amide bonds. The van der Waals surface area contributed by atoms with Crippen molar-refractivity contribution in [3.63, 3.8) is 0 Å². The Morgan fingerprint density at radius 1 is 0.355 bits per heavy atom. The molecule has 0 aliphatic carbocycles. The molecule has 0 bridgehead atoms. The Hall–Kier alpha value is -8.24. The van der Waals surface area contributed by atoms with E-state index < -0.39 is 0 Å². The first-order valence-electron chi connectivity index (χ1n) is 26.0. The second-order valence-corrected chi connectivity index (χ2v) is 19.4. The van der Waals surface area contributed by atoms with Crippen molar-refractivity contribution in [2.24, 2.45) is 0 Å². The average Bonchev–Trinajstić information content (AvgIpc) is 3.41. The molecule has 6 aromatic rings. The highest BCUT2D eigenvalue weighted by Gasteiger charge is 2.18. The largest absolute Gasteiger partial charge is 0.462 e. The third kappa shape index (κ3) is 16.4. The minimum absolute atomic E-state index is 0.330. The molecule has 0 atom stereocenters. The molecule has 0 unspecified atom stereocenters. The van der Waals surface area contributed by atoms with Gasteiger partial charge in [0.1, 0.15) is 0 Å². The fraction of sp³-hybridized carbons (Fsp3) is 0.273. The summed E-state index contributed by atoms with van der Waals surface area (Å²) in [5, 5.41) is 0. The van der Waals surface area contributed by atoms with E-state index >= 15 is 0 Å². The minimum Gasteiger partial charge on any atom is -0.462 e. The molecule has 0 aliphatic rings. The second kappa shape index (κ2) is 27.9. The molecular weight excluding hydrogens is 949 g/mol. The summed E-state index contributed by atoms with van der Waals surface area (Å²) in [5.74, 6) is -1.48. The van der Waals surface area contributed by atoms with Crippen LogP contribution >= 0.6 is 0 Å². The van der Waals surface area contributed by atoms with Crippen LogP contribution in [0.3, 0.4) is 0 Å². The second-order valence-electron chi connectivity index (χ2n) is 19.4. The third-order valence-corrected chi connectivity index (χ3v) is 12.9. The Kier molecular flexibility index (Phi) is 20.9. The van der Waals surface area contributed by atoms with Crippen LogP contribution in [0.5, 0.6) is 0 Å². The molecule has 0 fully saturated rings. The van der Waals surface area contributed by atoms with Gasteiger partial charge in [-0.15, -0.1) is 0 Å². The number of carbonyl (C=O) groups excluding carboxylic acids is 4. The summed E-state index contributed by atoms with van der Waals surface area (Å²) in [6.07, 6.45) is 5.87. The van der Waals surface area contributed by atoms with Gasteiger partial charge in [0.2, 0.25) is 0 Å². The number of rotatable bonds is 27. The monoisotopic (exact) mass is 1020 g/mol. The standard InChI is InChI=1S/C66H72N2O8/c1-45(2)63(69)73-39-11-15-51-19-29-57(30-20-51)67(61-37-23-53(49(9)43-61)17-13-41-75-65(71)47(5)6)59-33-25-55(26-34-59)56-27-35-60(36-28-56)68(58-31-21-52(22-32-58)16-12-40-74-64(70)46(3)4)62-38-24-54(50(10)44-62)18-14-42-76-66(72)48(7)8/h19-38,43-44H,1,3,5,7,11-18,39-42H2,2,4,6,8-10H3. The Morgan fingerprint density at radius 2 is 0.605 bits per heavy atom. The van der Waals surface area contributed by atoms with Gasteiger partial charge in [-0.2, -0.15) is 0 Å². The molecule has 0 saturated heterocycles. The molecule has 10 heteroatoms. The molecule has 0 saturated carbocycles. The van der Waals surface area contributed by atoms with Gasteiger partial charge >= 0.3 is 23.9 Å². The van der Waals surface area contributed by atoms with Crippen molar-refractivity contribution in [2.45, 2.75) is 92.9 Å². The van der Waals surface area contributed by atoms with Crippen LogP contribution < -0.4 is 9.80 Å². The number of hydrogen-bond donors (Lipinski definition) is 0. The minimum atomic E-state index is -0.371. The number of ether oxygens (including phenoxy) is 4. The summed E-state index contributed by atoms with van der Waals surface area (Å²) in [6, 6.07) is 47.2. The maximum atomic E-state index is 11.9. The van der Waals surface area contributed by atoms with Crippen molar-refractivity contribution in [3.05, 3.63) is 215 Å². The number of hydrogen-bond acceptors (Lipinski definition) is 10. The fourth-order valence-electron chi connectivity index (χ4n) is 8.55. The molecule has 6 aromatic carbocycles. The zero-order chi connectivity index (χ0) is 54.7. The smallest absolute Gasteiger partial charge is 0.333 e. The zero-order valence-electron chi connectivity index (χ0n) is 45.2. The topological polar surface area (TPSA) is 112 Å². The van der Waals surface area contributed by atoms with E-state index in [-0.39, 0.29) is 23.9 Å². The highest BCUT2D eigenvalue weighted by molar-refractivity contribution is 5.88. The van der Waals surface area contributed by atoms with Gasteiger partial charge in [0.15, 0.2) is 0 Å². The number of anilines is 6. The van der Waals surface area contributed by atoms with Crippen LogP contribution in [0.25, 0.3) is 11.1 Å². The number of benzene rings is 6. The maximum Gasteiger partial charge on any atom is 0.333 e. The van der Waals surface area contributed by atoms with E-state index in [1.807, 2.05) is 0 Å². The van der Waals surface area contributed by atoms with E-state index in [1.54, 1.807) is 27.7 Å². The highest BCUT2D eigenvalue weighted by Crippen LogP contribution is 2.39. The summed E-state index contributed by atoms with van der Waals surface area (Å²) in [6.45, 7) is 26.8. The third-order valence-electron chi connectivity index (χ3n) is 12.9. The van der Waals surface area contributed by atoms with E-state index in [0.29, 0.717) is 74.4 Å². The molecular formula is C66H72N2O8. The Labute approximate surface area is 450 Å². The lowest BCUT2D eigenvalue weighted by Gasteiger charge is -2.27. The van der Waals surface area contributed by atoms with Crippen molar-refractivity contribution < 1.29 is 38.1 Å². The summed E-state index contributed by atoms with van der Waals surface area (Å²) in [7, 11) is 0. The Morgan fingerprint density at radius 3 is 0.868 bits per heavy atom. The summed E-state index contributed by atoms with van der Waals surface area (Å²) in [4.78, 5) is 52.2. The van der Waals surface area contributed by atoms with Crippen LogP contribution in [0, 0.1) is 13.8 Å². The van der Waals surface area contributed by atoms with Crippen LogP contribution in [0.15, 0.2) is 182 Å². The summed E-state index contributed by atoms with van der Waals surface area (Å²) in [5.41, 5.74) is 16.6. The molecule has 0 aliphatic heterocycles. The van der Waals surface area contributed by atoms with Gasteiger partial charge in [0.25, 0.3) is 0 Å². The molecule has 0 heterocycles. The summed E-state index contributed by atoms with van der Waals surface area (Å²) >= 11 is 0. The first-order chi connectivity index (χ1) is 36.5. The molecule has 0 aromatic heterocycles. The predicted octanol–water partition coefficient (Wildman–Crippen LogP) is 15.1. The van der Waals surface area contributed by atoms with Crippen molar-refractivity contribution >= 4 is 58.0 Å². The lowest BCUT2D eigenvalue weighted by molar-refractivity contribution is -0.139.